The number of amides is 1. The fraction of sp³-hybridized carbons (Fsp3) is 0.238. The van der Waals surface area contributed by atoms with Crippen molar-refractivity contribution < 1.29 is 28.2 Å². The van der Waals surface area contributed by atoms with E-state index < -0.39 is 17.8 Å². The average Bonchev–Trinajstić information content (AvgIpc) is 3.05. The number of methoxy groups -OCH3 is 1. The van der Waals surface area contributed by atoms with Gasteiger partial charge in [-0.25, -0.2) is 9.18 Å². The summed E-state index contributed by atoms with van der Waals surface area (Å²) in [5.74, 6) is -1.80. The van der Waals surface area contributed by atoms with E-state index in [0.29, 0.717) is 26.1 Å². The molecule has 0 spiro atoms. The van der Waals surface area contributed by atoms with Crippen molar-refractivity contribution in [1.29, 1.82) is 0 Å². The zero-order valence-electron chi connectivity index (χ0n) is 16.4. The Labute approximate surface area is 175 Å². The SMILES string of the molecule is CCOC(=O)Cn1c(=NC(=O)Cc2ccc(F)cc2)sc2cc(C(=O)OC)ccc21. The average molecular weight is 430 g/mol. The molecular formula is C21H19FN2O5S. The molecule has 7 nitrogen and oxygen atoms in total. The van der Waals surface area contributed by atoms with Crippen molar-refractivity contribution in [2.75, 3.05) is 13.7 Å². The van der Waals surface area contributed by atoms with Gasteiger partial charge in [0.1, 0.15) is 12.4 Å². The van der Waals surface area contributed by atoms with Crippen LogP contribution in [0, 0.1) is 5.82 Å². The van der Waals surface area contributed by atoms with Crippen molar-refractivity contribution in [3.8, 4) is 0 Å². The highest BCUT2D eigenvalue weighted by atomic mass is 32.1. The molecule has 0 aliphatic rings. The molecule has 0 N–H and O–H groups in total. The minimum Gasteiger partial charge on any atom is -0.465 e. The van der Waals surface area contributed by atoms with E-state index in [0.717, 1.165) is 0 Å². The van der Waals surface area contributed by atoms with Gasteiger partial charge >= 0.3 is 11.9 Å². The lowest BCUT2D eigenvalue weighted by atomic mass is 10.1. The number of benzene rings is 2. The van der Waals surface area contributed by atoms with Crippen LogP contribution in [-0.2, 0) is 32.0 Å². The molecule has 1 heterocycles. The number of fused-ring (bicyclic) bond motifs is 1. The first-order valence-electron chi connectivity index (χ1n) is 9.10. The predicted molar refractivity (Wildman–Crippen MR) is 108 cm³/mol. The molecule has 3 rings (SSSR count). The molecule has 0 fully saturated rings. The van der Waals surface area contributed by atoms with Crippen molar-refractivity contribution >= 4 is 39.4 Å². The Morgan fingerprint density at radius 3 is 2.53 bits per heavy atom. The number of hydrogen-bond acceptors (Lipinski definition) is 6. The lowest BCUT2D eigenvalue weighted by Gasteiger charge is -2.05. The number of aromatic nitrogens is 1. The van der Waals surface area contributed by atoms with E-state index >= 15 is 0 Å². The van der Waals surface area contributed by atoms with Crippen molar-refractivity contribution in [2.24, 2.45) is 4.99 Å². The summed E-state index contributed by atoms with van der Waals surface area (Å²) in [6, 6.07) is 10.4. The Kier molecular flexibility index (Phi) is 6.73. The Bertz CT molecular complexity index is 1160. The second kappa shape index (κ2) is 9.45. The molecule has 1 aromatic heterocycles. The van der Waals surface area contributed by atoms with Gasteiger partial charge in [-0.3, -0.25) is 9.59 Å². The first-order valence-corrected chi connectivity index (χ1v) is 9.92. The van der Waals surface area contributed by atoms with Crippen molar-refractivity contribution in [2.45, 2.75) is 19.9 Å². The third kappa shape index (κ3) is 4.98. The van der Waals surface area contributed by atoms with Crippen LogP contribution >= 0.6 is 11.3 Å². The third-order valence-corrected chi connectivity index (χ3v) is 5.23. The summed E-state index contributed by atoms with van der Waals surface area (Å²) in [4.78, 5) is 40.8. The molecule has 0 unspecified atom stereocenters. The van der Waals surface area contributed by atoms with Crippen LogP contribution in [0.3, 0.4) is 0 Å². The topological polar surface area (TPSA) is 87.0 Å². The van der Waals surface area contributed by atoms with Gasteiger partial charge in [0.25, 0.3) is 5.91 Å². The largest absolute Gasteiger partial charge is 0.465 e. The molecule has 0 aliphatic carbocycles. The quantitative estimate of drug-likeness (QED) is 0.562. The second-order valence-electron chi connectivity index (χ2n) is 6.26. The van der Waals surface area contributed by atoms with E-state index in [-0.39, 0.29) is 25.4 Å². The van der Waals surface area contributed by atoms with Gasteiger partial charge in [-0.1, -0.05) is 23.5 Å². The highest BCUT2D eigenvalue weighted by molar-refractivity contribution is 7.16. The molecule has 0 atom stereocenters. The van der Waals surface area contributed by atoms with E-state index in [1.807, 2.05) is 0 Å². The normalized spacial score (nSPS) is 11.5. The van der Waals surface area contributed by atoms with Crippen LogP contribution in [0.2, 0.25) is 0 Å². The van der Waals surface area contributed by atoms with Crippen LogP contribution < -0.4 is 4.80 Å². The molecule has 0 radical (unpaired) electrons. The lowest BCUT2D eigenvalue weighted by Crippen LogP contribution is -2.23. The van der Waals surface area contributed by atoms with Crippen molar-refractivity contribution in [1.82, 2.24) is 4.57 Å². The first kappa shape index (κ1) is 21.4. The number of hydrogen-bond donors (Lipinski definition) is 0. The highest BCUT2D eigenvalue weighted by Gasteiger charge is 2.15. The summed E-state index contributed by atoms with van der Waals surface area (Å²) in [5, 5.41) is 0. The number of rotatable bonds is 6. The minimum atomic E-state index is -0.492. The smallest absolute Gasteiger partial charge is 0.337 e. The number of halogens is 1. The molecule has 2 aromatic carbocycles. The number of ether oxygens (including phenoxy) is 2. The van der Waals surface area contributed by atoms with E-state index in [1.54, 1.807) is 29.7 Å². The Hall–Kier alpha value is -3.33. The molecule has 0 aliphatic heterocycles. The molecule has 1 amide bonds. The summed E-state index contributed by atoms with van der Waals surface area (Å²) in [6.07, 6.45) is -0.0126. The van der Waals surface area contributed by atoms with Crippen LogP contribution in [0.5, 0.6) is 0 Å². The standard InChI is InChI=1S/C21H19FN2O5S/c1-3-29-19(26)12-24-16-9-6-14(20(27)28-2)11-17(16)30-21(24)23-18(25)10-13-4-7-15(22)8-5-13/h4-9,11H,3,10,12H2,1-2H3. The summed E-state index contributed by atoms with van der Waals surface area (Å²) in [7, 11) is 1.29. The Morgan fingerprint density at radius 1 is 1.13 bits per heavy atom. The molecular weight excluding hydrogens is 411 g/mol. The van der Waals surface area contributed by atoms with Crippen LogP contribution in [0.1, 0.15) is 22.8 Å². The van der Waals surface area contributed by atoms with Crippen LogP contribution in [-0.4, -0.2) is 36.1 Å². The van der Waals surface area contributed by atoms with Gasteiger partial charge in [-0.15, -0.1) is 0 Å². The van der Waals surface area contributed by atoms with Gasteiger partial charge < -0.3 is 14.0 Å². The van der Waals surface area contributed by atoms with Gasteiger partial charge in [0.05, 0.1) is 35.9 Å². The lowest BCUT2D eigenvalue weighted by molar-refractivity contribution is -0.143. The maximum Gasteiger partial charge on any atom is 0.337 e. The summed E-state index contributed by atoms with van der Waals surface area (Å²) < 4.78 is 25.0. The summed E-state index contributed by atoms with van der Waals surface area (Å²) >= 11 is 1.17. The number of esters is 2. The molecule has 0 saturated carbocycles. The molecule has 9 heteroatoms. The summed E-state index contributed by atoms with van der Waals surface area (Å²) in [5.41, 5.74) is 1.60. The van der Waals surface area contributed by atoms with Crippen LogP contribution in [0.15, 0.2) is 47.5 Å². The van der Waals surface area contributed by atoms with E-state index in [2.05, 4.69) is 4.99 Å². The molecule has 3 aromatic rings. The molecule has 156 valence electrons. The van der Waals surface area contributed by atoms with Gasteiger partial charge in [-0.05, 0) is 42.8 Å². The van der Waals surface area contributed by atoms with Gasteiger partial charge in [0, 0.05) is 0 Å². The van der Waals surface area contributed by atoms with E-state index in [1.165, 1.54) is 42.7 Å². The van der Waals surface area contributed by atoms with Crippen molar-refractivity contribution in [3.05, 3.63) is 64.2 Å². The van der Waals surface area contributed by atoms with Gasteiger partial charge in [0.15, 0.2) is 4.80 Å². The number of carbonyl (C=O) groups is 3. The maximum absolute atomic E-state index is 13.1. The van der Waals surface area contributed by atoms with Gasteiger partial charge in [-0.2, -0.15) is 4.99 Å². The summed E-state index contributed by atoms with van der Waals surface area (Å²) in [6.45, 7) is 1.80. The van der Waals surface area contributed by atoms with Crippen molar-refractivity contribution in [3.63, 3.8) is 0 Å². The molecule has 0 saturated heterocycles. The van der Waals surface area contributed by atoms with E-state index in [4.69, 9.17) is 9.47 Å². The second-order valence-corrected chi connectivity index (χ2v) is 7.27. The van der Waals surface area contributed by atoms with Crippen LogP contribution in [0.25, 0.3) is 10.2 Å². The van der Waals surface area contributed by atoms with Gasteiger partial charge in [0.2, 0.25) is 0 Å². The zero-order chi connectivity index (χ0) is 21.7. The fourth-order valence-corrected chi connectivity index (χ4v) is 3.90. The van der Waals surface area contributed by atoms with E-state index in [9.17, 15) is 18.8 Å². The fourth-order valence-electron chi connectivity index (χ4n) is 2.81. The number of thiazole rings is 1. The first-order chi connectivity index (χ1) is 14.4. The Morgan fingerprint density at radius 2 is 1.87 bits per heavy atom. The third-order valence-electron chi connectivity index (χ3n) is 4.19. The molecule has 0 bridgehead atoms. The van der Waals surface area contributed by atoms with Crippen LogP contribution in [0.4, 0.5) is 4.39 Å². The number of carbonyl (C=O) groups excluding carboxylic acids is 3. The monoisotopic (exact) mass is 430 g/mol. The predicted octanol–water partition coefficient (Wildman–Crippen LogP) is 2.86. The highest BCUT2D eigenvalue weighted by Crippen LogP contribution is 2.20. The maximum atomic E-state index is 13.1. The zero-order valence-corrected chi connectivity index (χ0v) is 17.2. The molecule has 30 heavy (non-hydrogen) atoms. The Balaban J connectivity index is 2.02. The minimum absolute atomic E-state index is 0.0126. The number of nitrogens with zero attached hydrogens (tertiary/aromatic N) is 2.